The maximum absolute atomic E-state index is 13.3. The first-order valence-electron chi connectivity index (χ1n) is 5.74. The zero-order chi connectivity index (χ0) is 13.0. The molecule has 2 aromatic rings. The summed E-state index contributed by atoms with van der Waals surface area (Å²) >= 11 is 0. The van der Waals surface area contributed by atoms with E-state index in [-0.39, 0.29) is 11.9 Å². The van der Waals surface area contributed by atoms with Gasteiger partial charge in [-0.25, -0.2) is 9.37 Å². The Morgan fingerprint density at radius 1 is 1.50 bits per heavy atom. The molecule has 5 heteroatoms. The number of nitrogens with zero attached hydrogens (tertiary/aromatic N) is 1. The van der Waals surface area contributed by atoms with Gasteiger partial charge in [-0.1, -0.05) is 0 Å². The van der Waals surface area contributed by atoms with Crippen molar-refractivity contribution in [1.82, 2.24) is 15.3 Å². The maximum atomic E-state index is 13.3. The number of aromatic amines is 1. The van der Waals surface area contributed by atoms with Crippen molar-refractivity contribution in [2.75, 3.05) is 7.11 Å². The highest BCUT2D eigenvalue weighted by Gasteiger charge is 2.12. The number of benzene rings is 1. The van der Waals surface area contributed by atoms with Gasteiger partial charge in [0.05, 0.1) is 13.4 Å². The van der Waals surface area contributed by atoms with Crippen molar-refractivity contribution < 1.29 is 9.13 Å². The highest BCUT2D eigenvalue weighted by Crippen LogP contribution is 2.25. The number of methoxy groups -OCH3 is 1. The molecule has 1 unspecified atom stereocenters. The van der Waals surface area contributed by atoms with Crippen LogP contribution in [-0.4, -0.2) is 17.1 Å². The predicted molar refractivity (Wildman–Crippen MR) is 66.8 cm³/mol. The van der Waals surface area contributed by atoms with Gasteiger partial charge in [0.2, 0.25) is 0 Å². The van der Waals surface area contributed by atoms with Crippen molar-refractivity contribution in [3.05, 3.63) is 47.8 Å². The van der Waals surface area contributed by atoms with Gasteiger partial charge in [0.15, 0.2) is 0 Å². The van der Waals surface area contributed by atoms with E-state index in [1.54, 1.807) is 25.7 Å². The Morgan fingerprint density at radius 3 is 3.00 bits per heavy atom. The third kappa shape index (κ3) is 2.87. The first kappa shape index (κ1) is 12.6. The number of hydrogen-bond acceptors (Lipinski definition) is 3. The average Bonchev–Trinajstić information content (AvgIpc) is 2.89. The van der Waals surface area contributed by atoms with Crippen molar-refractivity contribution in [2.45, 2.75) is 19.5 Å². The monoisotopic (exact) mass is 249 g/mol. The van der Waals surface area contributed by atoms with Gasteiger partial charge in [0.25, 0.3) is 0 Å². The summed E-state index contributed by atoms with van der Waals surface area (Å²) in [7, 11) is 1.58. The zero-order valence-corrected chi connectivity index (χ0v) is 10.4. The van der Waals surface area contributed by atoms with Crippen LogP contribution in [0.2, 0.25) is 0 Å². The van der Waals surface area contributed by atoms with E-state index in [0.717, 1.165) is 11.3 Å². The van der Waals surface area contributed by atoms with Crippen LogP contribution in [0.15, 0.2) is 30.7 Å². The van der Waals surface area contributed by atoms with Gasteiger partial charge in [-0.2, -0.15) is 0 Å². The fourth-order valence-corrected chi connectivity index (χ4v) is 1.80. The molecule has 0 radical (unpaired) electrons. The van der Waals surface area contributed by atoms with E-state index in [2.05, 4.69) is 15.3 Å². The maximum Gasteiger partial charge on any atom is 0.123 e. The molecule has 96 valence electrons. The number of rotatable bonds is 5. The van der Waals surface area contributed by atoms with Crippen LogP contribution < -0.4 is 10.1 Å². The third-order valence-corrected chi connectivity index (χ3v) is 2.81. The molecule has 0 aliphatic heterocycles. The molecule has 18 heavy (non-hydrogen) atoms. The Bertz CT molecular complexity index is 499. The lowest BCUT2D eigenvalue weighted by Crippen LogP contribution is -2.19. The predicted octanol–water partition coefficient (Wildman–Crippen LogP) is 2.41. The third-order valence-electron chi connectivity index (χ3n) is 2.81. The standard InChI is InChI=1S/C13H16FN3O/c1-9(16-7-11-6-15-8-17-11)12-5-10(14)3-4-13(12)18-2/h3-6,8-9,16H,7H2,1-2H3,(H,15,17). The van der Waals surface area contributed by atoms with Crippen LogP contribution in [0.25, 0.3) is 0 Å². The molecule has 4 nitrogen and oxygen atoms in total. The lowest BCUT2D eigenvalue weighted by atomic mass is 10.1. The molecule has 0 saturated heterocycles. The molecular formula is C13H16FN3O. The van der Waals surface area contributed by atoms with E-state index in [0.29, 0.717) is 12.3 Å². The van der Waals surface area contributed by atoms with E-state index >= 15 is 0 Å². The quantitative estimate of drug-likeness (QED) is 0.855. The first-order chi connectivity index (χ1) is 8.70. The van der Waals surface area contributed by atoms with Crippen molar-refractivity contribution >= 4 is 0 Å². The molecule has 2 N–H and O–H groups in total. The second-order valence-corrected chi connectivity index (χ2v) is 4.07. The zero-order valence-electron chi connectivity index (χ0n) is 10.4. The van der Waals surface area contributed by atoms with Crippen molar-refractivity contribution in [3.8, 4) is 5.75 Å². The van der Waals surface area contributed by atoms with Gasteiger partial charge >= 0.3 is 0 Å². The number of H-pyrrole nitrogens is 1. The molecule has 1 heterocycles. The molecule has 1 atom stereocenters. The summed E-state index contributed by atoms with van der Waals surface area (Å²) in [6.45, 7) is 2.61. The molecule has 1 aromatic carbocycles. The van der Waals surface area contributed by atoms with Gasteiger partial charge < -0.3 is 15.0 Å². The topological polar surface area (TPSA) is 49.9 Å². The Balaban J connectivity index is 2.08. The van der Waals surface area contributed by atoms with Gasteiger partial charge in [-0.3, -0.25) is 0 Å². The van der Waals surface area contributed by atoms with E-state index in [4.69, 9.17) is 4.74 Å². The van der Waals surface area contributed by atoms with Gasteiger partial charge in [0, 0.05) is 30.0 Å². The molecular weight excluding hydrogens is 233 g/mol. The Labute approximate surface area is 105 Å². The van der Waals surface area contributed by atoms with Crippen LogP contribution >= 0.6 is 0 Å². The lowest BCUT2D eigenvalue weighted by molar-refractivity contribution is 0.399. The van der Waals surface area contributed by atoms with Gasteiger partial charge in [-0.15, -0.1) is 0 Å². The Hall–Kier alpha value is -1.88. The van der Waals surface area contributed by atoms with Crippen molar-refractivity contribution in [2.24, 2.45) is 0 Å². The number of hydrogen-bond donors (Lipinski definition) is 2. The lowest BCUT2D eigenvalue weighted by Gasteiger charge is -2.17. The van der Waals surface area contributed by atoms with Crippen LogP contribution in [0.3, 0.4) is 0 Å². The average molecular weight is 249 g/mol. The second kappa shape index (κ2) is 5.64. The molecule has 1 aromatic heterocycles. The largest absolute Gasteiger partial charge is 0.496 e. The number of aromatic nitrogens is 2. The molecule has 0 spiro atoms. The van der Waals surface area contributed by atoms with Gasteiger partial charge in [-0.05, 0) is 25.1 Å². The molecule has 0 aliphatic rings. The Kier molecular flexibility index (Phi) is 3.94. The normalized spacial score (nSPS) is 12.4. The molecule has 0 amide bonds. The molecule has 0 aliphatic carbocycles. The first-order valence-corrected chi connectivity index (χ1v) is 5.74. The number of nitrogens with one attached hydrogen (secondary N) is 2. The van der Waals surface area contributed by atoms with E-state index < -0.39 is 0 Å². The Morgan fingerprint density at radius 2 is 2.33 bits per heavy atom. The van der Waals surface area contributed by atoms with Crippen molar-refractivity contribution in [1.29, 1.82) is 0 Å². The number of halogens is 1. The summed E-state index contributed by atoms with van der Waals surface area (Å²) in [6, 6.07) is 4.51. The summed E-state index contributed by atoms with van der Waals surface area (Å²) < 4.78 is 18.5. The second-order valence-electron chi connectivity index (χ2n) is 4.07. The van der Waals surface area contributed by atoms with E-state index in [1.165, 1.54) is 12.1 Å². The number of imidazole rings is 1. The van der Waals surface area contributed by atoms with E-state index in [1.807, 2.05) is 6.92 Å². The SMILES string of the molecule is COc1ccc(F)cc1C(C)NCc1cnc[nH]1. The molecule has 2 rings (SSSR count). The summed E-state index contributed by atoms with van der Waals surface area (Å²) in [5, 5.41) is 3.29. The molecule has 0 saturated carbocycles. The minimum atomic E-state index is -0.263. The minimum Gasteiger partial charge on any atom is -0.496 e. The highest BCUT2D eigenvalue weighted by atomic mass is 19.1. The minimum absolute atomic E-state index is 0.0149. The van der Waals surface area contributed by atoms with Gasteiger partial charge in [0.1, 0.15) is 11.6 Å². The summed E-state index contributed by atoms with van der Waals surface area (Å²) in [5.74, 6) is 0.419. The van der Waals surface area contributed by atoms with E-state index in [9.17, 15) is 4.39 Å². The summed E-state index contributed by atoms with van der Waals surface area (Å²) in [5.41, 5.74) is 1.79. The van der Waals surface area contributed by atoms with Crippen LogP contribution in [-0.2, 0) is 6.54 Å². The van der Waals surface area contributed by atoms with Crippen LogP contribution in [0.4, 0.5) is 4.39 Å². The molecule has 0 bridgehead atoms. The molecule has 0 fully saturated rings. The summed E-state index contributed by atoms with van der Waals surface area (Å²) in [4.78, 5) is 6.95. The van der Waals surface area contributed by atoms with Crippen molar-refractivity contribution in [3.63, 3.8) is 0 Å². The fraction of sp³-hybridized carbons (Fsp3) is 0.308. The van der Waals surface area contributed by atoms with Crippen LogP contribution in [0, 0.1) is 5.82 Å². The summed E-state index contributed by atoms with van der Waals surface area (Å²) in [6.07, 6.45) is 3.38. The smallest absolute Gasteiger partial charge is 0.123 e. The fourth-order valence-electron chi connectivity index (χ4n) is 1.80. The van der Waals surface area contributed by atoms with Crippen LogP contribution in [0.5, 0.6) is 5.75 Å². The number of ether oxygens (including phenoxy) is 1. The van der Waals surface area contributed by atoms with Crippen LogP contribution in [0.1, 0.15) is 24.2 Å². The highest BCUT2D eigenvalue weighted by molar-refractivity contribution is 5.36.